The molecule has 0 amide bonds. The van der Waals surface area contributed by atoms with Crippen molar-refractivity contribution in [1.82, 2.24) is 0 Å². The molecule has 5 atom stereocenters. The Balaban J connectivity index is 3.24. The second-order valence-electron chi connectivity index (χ2n) is 11.2. The molecule has 0 spiro atoms. The summed E-state index contributed by atoms with van der Waals surface area (Å²) in [6, 6.07) is 4.73. The van der Waals surface area contributed by atoms with Crippen LogP contribution in [-0.4, -0.2) is 42.6 Å². The number of nitrogens with two attached hydrogens (primary N) is 1. The molecular weight excluding hydrogens is 514 g/mol. The smallest absolute Gasteiger partial charge is 0.326 e. The number of ether oxygens (including phenoxy) is 4. The summed E-state index contributed by atoms with van der Waals surface area (Å²) in [4.78, 5) is 50.2. The number of carbonyl (C=O) groups is 4. The molecule has 226 valence electrons. The zero-order valence-corrected chi connectivity index (χ0v) is 25.5. The first kappa shape index (κ1) is 35.1. The molecule has 0 aliphatic carbocycles. The molecule has 0 aliphatic heterocycles. The van der Waals surface area contributed by atoms with Crippen LogP contribution in [0.1, 0.15) is 99.0 Å². The molecule has 0 bridgehead atoms. The van der Waals surface area contributed by atoms with Crippen molar-refractivity contribution < 1.29 is 38.1 Å². The summed E-state index contributed by atoms with van der Waals surface area (Å²) in [5.74, 6) is -1.29. The minimum Gasteiger partial charge on any atom is -0.468 e. The van der Waals surface area contributed by atoms with Crippen molar-refractivity contribution in [3.8, 4) is 11.5 Å². The van der Waals surface area contributed by atoms with E-state index in [-0.39, 0.29) is 67.3 Å². The van der Waals surface area contributed by atoms with Crippen LogP contribution in [0.4, 0.5) is 0 Å². The Hall–Kier alpha value is -2.94. The van der Waals surface area contributed by atoms with Crippen LogP contribution in [-0.2, 0) is 35.1 Å². The number of methoxy groups -OCH3 is 1. The van der Waals surface area contributed by atoms with Gasteiger partial charge < -0.3 is 24.7 Å². The summed E-state index contributed by atoms with van der Waals surface area (Å²) in [5, 5.41) is 0. The topological polar surface area (TPSA) is 131 Å². The van der Waals surface area contributed by atoms with Crippen molar-refractivity contribution >= 4 is 23.9 Å². The molecule has 40 heavy (non-hydrogen) atoms. The average molecular weight is 564 g/mol. The lowest BCUT2D eigenvalue weighted by atomic mass is 9.86. The van der Waals surface area contributed by atoms with Gasteiger partial charge in [-0.15, -0.1) is 0 Å². The predicted molar refractivity (Wildman–Crippen MR) is 153 cm³/mol. The Morgan fingerprint density at radius 2 is 1.25 bits per heavy atom. The summed E-state index contributed by atoms with van der Waals surface area (Å²) in [7, 11) is 1.24. The fourth-order valence-electron chi connectivity index (χ4n) is 4.06. The minimum absolute atomic E-state index is 0.00390. The highest BCUT2D eigenvalue weighted by molar-refractivity contribution is 5.81. The third kappa shape index (κ3) is 12.1. The van der Waals surface area contributed by atoms with Gasteiger partial charge in [-0.2, -0.15) is 0 Å². The molecule has 0 aliphatic rings. The summed E-state index contributed by atoms with van der Waals surface area (Å²) in [6.07, 6.45) is 2.55. The van der Waals surface area contributed by atoms with E-state index >= 15 is 0 Å². The van der Waals surface area contributed by atoms with Gasteiger partial charge in [0, 0.05) is 32.1 Å². The van der Waals surface area contributed by atoms with Crippen LogP contribution in [0.25, 0.3) is 0 Å². The van der Waals surface area contributed by atoms with Crippen molar-refractivity contribution in [3.05, 3.63) is 23.8 Å². The molecule has 0 aromatic heterocycles. The van der Waals surface area contributed by atoms with Gasteiger partial charge in [-0.25, -0.2) is 0 Å². The van der Waals surface area contributed by atoms with E-state index in [1.165, 1.54) is 13.2 Å². The maximum Gasteiger partial charge on any atom is 0.326 e. The molecule has 0 radical (unpaired) electrons. The summed E-state index contributed by atoms with van der Waals surface area (Å²) in [6.45, 7) is 13.5. The van der Waals surface area contributed by atoms with Crippen LogP contribution in [0, 0.1) is 17.8 Å². The summed E-state index contributed by atoms with van der Waals surface area (Å²) >= 11 is 0. The van der Waals surface area contributed by atoms with Crippen molar-refractivity contribution in [2.24, 2.45) is 23.5 Å². The lowest BCUT2D eigenvalue weighted by Gasteiger charge is -2.29. The first-order valence-corrected chi connectivity index (χ1v) is 14.4. The molecule has 2 N–H and O–H groups in total. The van der Waals surface area contributed by atoms with Gasteiger partial charge in [-0.05, 0) is 42.4 Å². The van der Waals surface area contributed by atoms with E-state index in [2.05, 4.69) is 0 Å². The Morgan fingerprint density at radius 1 is 0.775 bits per heavy atom. The zero-order chi connectivity index (χ0) is 30.5. The van der Waals surface area contributed by atoms with Gasteiger partial charge in [0.25, 0.3) is 0 Å². The molecule has 0 fully saturated rings. The Labute approximate surface area is 239 Å². The van der Waals surface area contributed by atoms with Gasteiger partial charge in [0.15, 0.2) is 11.5 Å². The van der Waals surface area contributed by atoms with Crippen molar-refractivity contribution in [2.75, 3.05) is 7.11 Å². The number of benzene rings is 1. The van der Waals surface area contributed by atoms with E-state index in [9.17, 15) is 19.2 Å². The van der Waals surface area contributed by atoms with E-state index in [1.807, 2.05) is 41.5 Å². The highest BCUT2D eigenvalue weighted by Crippen LogP contribution is 2.32. The van der Waals surface area contributed by atoms with Crippen LogP contribution < -0.4 is 15.2 Å². The fraction of sp³-hybridized carbons (Fsp3) is 0.677. The molecule has 9 nitrogen and oxygen atoms in total. The molecule has 0 heterocycles. The van der Waals surface area contributed by atoms with Gasteiger partial charge in [-0.3, -0.25) is 19.2 Å². The number of esters is 4. The second-order valence-corrected chi connectivity index (χ2v) is 11.2. The lowest BCUT2D eigenvalue weighted by Crippen LogP contribution is -2.53. The van der Waals surface area contributed by atoms with Crippen LogP contribution in [0.15, 0.2) is 18.2 Å². The first-order chi connectivity index (χ1) is 18.8. The van der Waals surface area contributed by atoms with Crippen LogP contribution in [0.3, 0.4) is 0 Å². The SMILES string of the molecule is CCC(C)CC(=O)Oc1ccc(CC(N)(C[C@H](C)OC(=O)CC(C)CC)C(=O)OC)cc1OC(=O)CC(C)CC. The highest BCUT2D eigenvalue weighted by atomic mass is 16.6. The highest BCUT2D eigenvalue weighted by Gasteiger charge is 2.38. The lowest BCUT2D eigenvalue weighted by molar-refractivity contribution is -0.155. The van der Waals surface area contributed by atoms with E-state index < -0.39 is 29.6 Å². The maximum absolute atomic E-state index is 12.8. The molecule has 1 aromatic rings. The molecule has 4 unspecified atom stereocenters. The molecule has 0 saturated carbocycles. The van der Waals surface area contributed by atoms with E-state index in [1.54, 1.807) is 19.1 Å². The van der Waals surface area contributed by atoms with Crippen LogP contribution >= 0.6 is 0 Å². The summed E-state index contributed by atoms with van der Waals surface area (Å²) in [5.41, 5.74) is 5.58. The third-order valence-corrected chi connectivity index (χ3v) is 7.19. The normalized spacial score (nSPS) is 15.6. The van der Waals surface area contributed by atoms with Gasteiger partial charge in [0.1, 0.15) is 11.6 Å². The zero-order valence-electron chi connectivity index (χ0n) is 25.5. The maximum atomic E-state index is 12.8. The van der Waals surface area contributed by atoms with E-state index in [0.717, 1.165) is 19.3 Å². The number of carbonyl (C=O) groups excluding carboxylic acids is 4. The first-order valence-electron chi connectivity index (χ1n) is 14.4. The Kier molecular flexibility index (Phi) is 14.9. The Morgan fingerprint density at radius 3 is 1.73 bits per heavy atom. The van der Waals surface area contributed by atoms with E-state index in [4.69, 9.17) is 24.7 Å². The van der Waals surface area contributed by atoms with Crippen LogP contribution in [0.5, 0.6) is 11.5 Å². The standard InChI is InChI=1S/C31H49NO8/c1-9-20(4)14-27(33)38-23(7)18-31(32,30(36)37-8)19-24-12-13-25(39-28(34)15-21(5)10-2)26(17-24)40-29(35)16-22(6)11-3/h12-13,17,20-23H,9-11,14-16,18-19,32H2,1-8H3/t20?,21?,22?,23-,31?/m0/s1. The number of hydrogen-bond acceptors (Lipinski definition) is 9. The van der Waals surface area contributed by atoms with Gasteiger partial charge >= 0.3 is 23.9 Å². The number of rotatable bonds is 17. The third-order valence-electron chi connectivity index (χ3n) is 7.19. The minimum atomic E-state index is -1.53. The molecule has 1 rings (SSSR count). The summed E-state index contributed by atoms with van der Waals surface area (Å²) < 4.78 is 21.7. The van der Waals surface area contributed by atoms with Gasteiger partial charge in [0.05, 0.1) is 7.11 Å². The van der Waals surface area contributed by atoms with E-state index in [0.29, 0.717) is 5.56 Å². The number of hydrogen-bond donors (Lipinski definition) is 1. The Bertz CT molecular complexity index is 994. The van der Waals surface area contributed by atoms with Gasteiger partial charge in [0.2, 0.25) is 0 Å². The molecule has 1 aromatic carbocycles. The quantitative estimate of drug-likeness (QED) is 0.192. The molecule has 0 saturated heterocycles. The largest absolute Gasteiger partial charge is 0.468 e. The molecule has 9 heteroatoms. The average Bonchev–Trinajstić information content (AvgIpc) is 2.88. The fourth-order valence-corrected chi connectivity index (χ4v) is 4.06. The van der Waals surface area contributed by atoms with Crippen molar-refractivity contribution in [3.63, 3.8) is 0 Å². The van der Waals surface area contributed by atoms with Gasteiger partial charge in [-0.1, -0.05) is 66.9 Å². The monoisotopic (exact) mass is 563 g/mol. The van der Waals surface area contributed by atoms with Crippen molar-refractivity contribution in [1.29, 1.82) is 0 Å². The second kappa shape index (κ2) is 17.0. The van der Waals surface area contributed by atoms with Crippen LogP contribution in [0.2, 0.25) is 0 Å². The van der Waals surface area contributed by atoms with Crippen molar-refractivity contribution in [2.45, 2.75) is 111 Å². The predicted octanol–water partition coefficient (Wildman–Crippen LogP) is 5.54. The molecular formula is C31H49NO8.